The summed E-state index contributed by atoms with van der Waals surface area (Å²) < 4.78 is 11.0. The first-order valence-corrected chi connectivity index (χ1v) is 9.49. The van der Waals surface area contributed by atoms with Gasteiger partial charge in [-0.2, -0.15) is 4.98 Å². The number of anilines is 1. The second-order valence-corrected chi connectivity index (χ2v) is 6.79. The fourth-order valence-electron chi connectivity index (χ4n) is 2.63. The molecule has 0 unspecified atom stereocenters. The van der Waals surface area contributed by atoms with Crippen LogP contribution in [0.1, 0.15) is 6.92 Å². The molecule has 0 saturated carbocycles. The predicted octanol–water partition coefficient (Wildman–Crippen LogP) is 3.25. The first-order valence-electron chi connectivity index (χ1n) is 9.49. The van der Waals surface area contributed by atoms with Gasteiger partial charge in [0.05, 0.1) is 31.4 Å². The Morgan fingerprint density at radius 3 is 2.33 bits per heavy atom. The van der Waals surface area contributed by atoms with Gasteiger partial charge in [0.15, 0.2) is 5.82 Å². The van der Waals surface area contributed by atoms with E-state index < -0.39 is 0 Å². The summed E-state index contributed by atoms with van der Waals surface area (Å²) in [5.41, 5.74) is 1.82. The lowest BCUT2D eigenvalue weighted by molar-refractivity contribution is -0.127. The van der Waals surface area contributed by atoms with Crippen LogP contribution in [0.25, 0.3) is 11.3 Å². The third-order valence-corrected chi connectivity index (χ3v) is 4.64. The van der Waals surface area contributed by atoms with Crippen LogP contribution < -0.4 is 14.4 Å². The molecule has 2 aromatic heterocycles. The molecule has 1 aromatic carbocycles. The van der Waals surface area contributed by atoms with Crippen molar-refractivity contribution >= 4 is 11.7 Å². The maximum Gasteiger partial charge on any atom is 0.239 e. The van der Waals surface area contributed by atoms with E-state index in [4.69, 9.17) is 9.47 Å². The molecule has 0 bridgehead atoms. The van der Waals surface area contributed by atoms with Crippen LogP contribution in [0.2, 0.25) is 0 Å². The second-order valence-electron chi connectivity index (χ2n) is 6.79. The van der Waals surface area contributed by atoms with Gasteiger partial charge >= 0.3 is 0 Å². The van der Waals surface area contributed by atoms with Gasteiger partial charge in [-0.15, -0.1) is 0 Å². The minimum atomic E-state index is 0.0276. The number of methoxy groups -OCH3 is 1. The van der Waals surface area contributed by atoms with Crippen LogP contribution in [0, 0.1) is 0 Å². The molecule has 0 aliphatic rings. The lowest BCUT2D eigenvalue weighted by atomic mass is 10.1. The summed E-state index contributed by atoms with van der Waals surface area (Å²) in [6, 6.07) is 11.4. The minimum Gasteiger partial charge on any atom is -0.495 e. The molecule has 156 valence electrons. The molecule has 0 saturated heterocycles. The number of carbonyl (C=O) groups excluding carboxylic acids is 1. The van der Waals surface area contributed by atoms with Gasteiger partial charge in [0, 0.05) is 39.7 Å². The molecule has 3 aromatic rings. The van der Waals surface area contributed by atoms with E-state index in [1.54, 1.807) is 44.6 Å². The highest BCUT2D eigenvalue weighted by molar-refractivity contribution is 5.72. The summed E-state index contributed by atoms with van der Waals surface area (Å²) in [7, 11) is 5.29. The number of ether oxygens (including phenoxy) is 2. The second kappa shape index (κ2) is 9.69. The van der Waals surface area contributed by atoms with Gasteiger partial charge in [-0.25, -0.2) is 0 Å². The van der Waals surface area contributed by atoms with E-state index in [0.29, 0.717) is 30.5 Å². The molecule has 0 spiro atoms. The number of carbonyl (C=O) groups is 1. The first kappa shape index (κ1) is 21.0. The van der Waals surface area contributed by atoms with E-state index in [0.717, 1.165) is 17.0 Å². The molecule has 0 N–H and O–H groups in total. The zero-order valence-electron chi connectivity index (χ0n) is 17.6. The summed E-state index contributed by atoms with van der Waals surface area (Å²) in [5.74, 6) is 2.46. The van der Waals surface area contributed by atoms with Crippen molar-refractivity contribution in [3.63, 3.8) is 0 Å². The van der Waals surface area contributed by atoms with Crippen molar-refractivity contribution in [3.8, 4) is 28.6 Å². The maximum atomic E-state index is 11.3. The summed E-state index contributed by atoms with van der Waals surface area (Å²) in [4.78, 5) is 28.0. The molecule has 0 aliphatic heterocycles. The molecule has 2 heterocycles. The molecule has 8 heteroatoms. The van der Waals surface area contributed by atoms with Gasteiger partial charge in [0.25, 0.3) is 0 Å². The highest BCUT2D eigenvalue weighted by Crippen LogP contribution is 2.25. The Balaban J connectivity index is 1.64. The van der Waals surface area contributed by atoms with Crippen LogP contribution in [0.4, 0.5) is 5.82 Å². The van der Waals surface area contributed by atoms with Crippen LogP contribution in [0.15, 0.2) is 55.0 Å². The monoisotopic (exact) mass is 407 g/mol. The molecule has 0 fully saturated rings. The van der Waals surface area contributed by atoms with Crippen molar-refractivity contribution in [1.29, 1.82) is 0 Å². The highest BCUT2D eigenvalue weighted by Gasteiger charge is 2.09. The fourth-order valence-corrected chi connectivity index (χ4v) is 2.63. The van der Waals surface area contributed by atoms with Crippen molar-refractivity contribution in [3.05, 3.63) is 55.0 Å². The van der Waals surface area contributed by atoms with Crippen molar-refractivity contribution in [2.24, 2.45) is 0 Å². The van der Waals surface area contributed by atoms with Gasteiger partial charge < -0.3 is 19.3 Å². The van der Waals surface area contributed by atoms with E-state index in [-0.39, 0.29) is 5.91 Å². The van der Waals surface area contributed by atoms with E-state index in [2.05, 4.69) is 15.0 Å². The van der Waals surface area contributed by atoms with Crippen LogP contribution in [0.5, 0.6) is 17.4 Å². The number of hydrogen-bond acceptors (Lipinski definition) is 7. The Labute approximate surface area is 176 Å². The zero-order valence-corrected chi connectivity index (χ0v) is 17.6. The van der Waals surface area contributed by atoms with Crippen molar-refractivity contribution in [2.45, 2.75) is 6.92 Å². The van der Waals surface area contributed by atoms with Crippen molar-refractivity contribution in [2.75, 3.05) is 39.2 Å². The summed E-state index contributed by atoms with van der Waals surface area (Å²) in [6.07, 6.45) is 4.92. The Morgan fingerprint density at radius 2 is 1.70 bits per heavy atom. The first-order chi connectivity index (χ1) is 14.5. The fraction of sp³-hybridized carbons (Fsp3) is 0.273. The summed E-state index contributed by atoms with van der Waals surface area (Å²) in [5, 5.41) is 0. The SMILES string of the molecule is COc1ccc(-c2ccc(Oc3cncc(N(C)CCN(C)C(C)=O)n3)cc2)nc1. The van der Waals surface area contributed by atoms with Gasteiger partial charge in [-0.05, 0) is 36.4 Å². The Morgan fingerprint density at radius 1 is 0.967 bits per heavy atom. The van der Waals surface area contributed by atoms with Crippen LogP contribution in [-0.4, -0.2) is 60.1 Å². The Kier molecular flexibility index (Phi) is 6.79. The highest BCUT2D eigenvalue weighted by atomic mass is 16.5. The number of hydrogen-bond donors (Lipinski definition) is 0. The number of aromatic nitrogens is 3. The molecule has 0 radical (unpaired) electrons. The van der Waals surface area contributed by atoms with Crippen LogP contribution >= 0.6 is 0 Å². The Bertz CT molecular complexity index is 977. The standard InChI is InChI=1S/C22H25N5O3/c1-16(28)26(2)11-12-27(3)21-14-23-15-22(25-21)30-18-7-5-17(6-8-18)20-10-9-19(29-4)13-24-20/h5-10,13-15H,11-12H2,1-4H3. The summed E-state index contributed by atoms with van der Waals surface area (Å²) in [6.45, 7) is 2.78. The smallest absolute Gasteiger partial charge is 0.239 e. The van der Waals surface area contributed by atoms with Gasteiger partial charge in [-0.3, -0.25) is 14.8 Å². The zero-order chi connectivity index (χ0) is 21.5. The average molecular weight is 407 g/mol. The predicted molar refractivity (Wildman–Crippen MR) is 115 cm³/mol. The van der Waals surface area contributed by atoms with E-state index >= 15 is 0 Å². The third kappa shape index (κ3) is 5.44. The molecule has 0 aliphatic carbocycles. The van der Waals surface area contributed by atoms with Gasteiger partial charge in [0.2, 0.25) is 11.8 Å². The molecule has 0 atom stereocenters. The van der Waals surface area contributed by atoms with Gasteiger partial charge in [-0.1, -0.05) is 0 Å². The van der Waals surface area contributed by atoms with Gasteiger partial charge in [0.1, 0.15) is 11.5 Å². The number of amides is 1. The number of rotatable bonds is 8. The number of benzene rings is 1. The van der Waals surface area contributed by atoms with Crippen LogP contribution in [0.3, 0.4) is 0 Å². The molecule has 3 rings (SSSR count). The van der Waals surface area contributed by atoms with E-state index in [1.165, 1.54) is 0 Å². The number of likely N-dealkylation sites (N-methyl/N-ethyl adjacent to an activating group) is 2. The van der Waals surface area contributed by atoms with E-state index in [1.807, 2.05) is 48.3 Å². The number of nitrogens with zero attached hydrogens (tertiary/aromatic N) is 5. The molecule has 1 amide bonds. The molecule has 30 heavy (non-hydrogen) atoms. The quantitative estimate of drug-likeness (QED) is 0.567. The largest absolute Gasteiger partial charge is 0.495 e. The lowest BCUT2D eigenvalue weighted by Crippen LogP contribution is -2.33. The average Bonchev–Trinajstić information content (AvgIpc) is 2.78. The van der Waals surface area contributed by atoms with Crippen molar-refractivity contribution < 1.29 is 14.3 Å². The Hall–Kier alpha value is -3.68. The molecular formula is C22H25N5O3. The molecular weight excluding hydrogens is 382 g/mol. The third-order valence-electron chi connectivity index (χ3n) is 4.64. The number of pyridine rings is 1. The normalized spacial score (nSPS) is 10.4. The van der Waals surface area contributed by atoms with E-state index in [9.17, 15) is 4.79 Å². The topological polar surface area (TPSA) is 80.7 Å². The summed E-state index contributed by atoms with van der Waals surface area (Å²) >= 11 is 0. The maximum absolute atomic E-state index is 11.3. The van der Waals surface area contributed by atoms with Crippen molar-refractivity contribution in [1.82, 2.24) is 19.9 Å². The molecule has 8 nitrogen and oxygen atoms in total. The minimum absolute atomic E-state index is 0.0276. The van der Waals surface area contributed by atoms with Crippen LogP contribution in [-0.2, 0) is 4.79 Å². The lowest BCUT2D eigenvalue weighted by Gasteiger charge is -2.22.